The molecular formula is C14H8I2O3S. The van der Waals surface area contributed by atoms with Gasteiger partial charge in [0.25, 0.3) is 10.1 Å². The van der Waals surface area contributed by atoms with Gasteiger partial charge < -0.3 is 0 Å². The lowest BCUT2D eigenvalue weighted by Crippen LogP contribution is -2.03. The second kappa shape index (κ2) is 5.08. The zero-order valence-corrected chi connectivity index (χ0v) is 15.1. The highest BCUT2D eigenvalue weighted by Gasteiger charge is 2.21. The molecule has 0 saturated heterocycles. The molecular weight excluding hydrogens is 502 g/mol. The van der Waals surface area contributed by atoms with Crippen LogP contribution in [0.3, 0.4) is 0 Å². The molecule has 0 bridgehead atoms. The molecule has 0 fully saturated rings. The highest BCUT2D eigenvalue weighted by molar-refractivity contribution is 14.1. The SMILES string of the molecule is O=S(=O)(O)c1c(I)c(I)cc2cc3ccccc3cc12. The highest BCUT2D eigenvalue weighted by Crippen LogP contribution is 2.34. The topological polar surface area (TPSA) is 54.4 Å². The van der Waals surface area contributed by atoms with E-state index < -0.39 is 10.1 Å². The lowest BCUT2D eigenvalue weighted by Gasteiger charge is -2.10. The lowest BCUT2D eigenvalue weighted by molar-refractivity contribution is 0.483. The summed E-state index contributed by atoms with van der Waals surface area (Å²) in [5.41, 5.74) is 0. The van der Waals surface area contributed by atoms with E-state index in [4.69, 9.17) is 0 Å². The fourth-order valence-electron chi connectivity index (χ4n) is 2.25. The maximum Gasteiger partial charge on any atom is 0.296 e. The third-order valence-corrected chi connectivity index (χ3v) is 7.42. The number of hydrogen-bond acceptors (Lipinski definition) is 2. The van der Waals surface area contributed by atoms with Gasteiger partial charge in [-0.15, -0.1) is 0 Å². The second-order valence-electron chi connectivity index (χ2n) is 4.40. The van der Waals surface area contributed by atoms with E-state index in [1.54, 1.807) is 0 Å². The average molecular weight is 510 g/mol. The van der Waals surface area contributed by atoms with E-state index in [2.05, 4.69) is 22.6 Å². The first-order valence-corrected chi connectivity index (χ1v) is 9.25. The summed E-state index contributed by atoms with van der Waals surface area (Å²) in [6.45, 7) is 0. The number of halogens is 2. The van der Waals surface area contributed by atoms with Crippen LogP contribution in [-0.4, -0.2) is 13.0 Å². The molecule has 3 aromatic rings. The van der Waals surface area contributed by atoms with Crippen LogP contribution in [0.2, 0.25) is 0 Å². The minimum Gasteiger partial charge on any atom is -0.282 e. The molecule has 0 heterocycles. The van der Waals surface area contributed by atoms with Crippen LogP contribution in [0.25, 0.3) is 21.5 Å². The summed E-state index contributed by atoms with van der Waals surface area (Å²) < 4.78 is 34.3. The normalized spacial score (nSPS) is 12.2. The summed E-state index contributed by atoms with van der Waals surface area (Å²) in [6, 6.07) is 13.4. The molecule has 0 aliphatic heterocycles. The Kier molecular flexibility index (Phi) is 3.68. The van der Waals surface area contributed by atoms with E-state index in [0.717, 1.165) is 19.7 Å². The number of fused-ring (bicyclic) bond motifs is 2. The van der Waals surface area contributed by atoms with Gasteiger partial charge in [0.15, 0.2) is 0 Å². The van der Waals surface area contributed by atoms with E-state index in [9.17, 15) is 13.0 Å². The van der Waals surface area contributed by atoms with Crippen LogP contribution < -0.4 is 0 Å². The van der Waals surface area contributed by atoms with Crippen molar-refractivity contribution in [3.63, 3.8) is 0 Å². The van der Waals surface area contributed by atoms with Crippen LogP contribution in [-0.2, 0) is 10.1 Å². The molecule has 102 valence electrons. The van der Waals surface area contributed by atoms with E-state index in [-0.39, 0.29) is 4.90 Å². The molecule has 0 aromatic heterocycles. The van der Waals surface area contributed by atoms with Gasteiger partial charge >= 0.3 is 0 Å². The second-order valence-corrected chi connectivity index (χ2v) is 8.00. The maximum absolute atomic E-state index is 11.7. The van der Waals surface area contributed by atoms with Crippen LogP contribution in [0.4, 0.5) is 0 Å². The maximum atomic E-state index is 11.7. The molecule has 20 heavy (non-hydrogen) atoms. The minimum atomic E-state index is -4.26. The zero-order chi connectivity index (χ0) is 14.5. The molecule has 3 rings (SSSR count). The first-order valence-electron chi connectivity index (χ1n) is 5.66. The van der Waals surface area contributed by atoms with Gasteiger partial charge in [-0.3, -0.25) is 4.55 Å². The van der Waals surface area contributed by atoms with Gasteiger partial charge in [-0.05, 0) is 79.5 Å². The van der Waals surface area contributed by atoms with Crippen molar-refractivity contribution in [2.45, 2.75) is 4.90 Å². The number of rotatable bonds is 1. The van der Waals surface area contributed by atoms with Gasteiger partial charge in [-0.1, -0.05) is 24.3 Å². The average Bonchev–Trinajstić information content (AvgIpc) is 2.36. The van der Waals surface area contributed by atoms with Gasteiger partial charge in [-0.25, -0.2) is 0 Å². The molecule has 0 saturated carbocycles. The first-order chi connectivity index (χ1) is 9.38. The Balaban J connectivity index is 2.59. The lowest BCUT2D eigenvalue weighted by atomic mass is 10.0. The van der Waals surface area contributed by atoms with Crippen LogP contribution in [0.15, 0.2) is 47.4 Å². The standard InChI is InChI=1S/C14H8I2O3S/c15-12-7-10-5-8-3-1-2-4-9(8)6-11(10)14(13(12)16)20(17,18)19/h1-7H,(H,17,18,19). The smallest absolute Gasteiger partial charge is 0.282 e. The molecule has 0 unspecified atom stereocenters. The van der Waals surface area contributed by atoms with Crippen molar-refractivity contribution in [1.82, 2.24) is 0 Å². The highest BCUT2D eigenvalue weighted by atomic mass is 127. The van der Waals surface area contributed by atoms with Crippen molar-refractivity contribution >= 4 is 76.8 Å². The van der Waals surface area contributed by atoms with E-state index in [1.165, 1.54) is 0 Å². The van der Waals surface area contributed by atoms with Crippen molar-refractivity contribution in [2.75, 3.05) is 0 Å². The molecule has 3 nitrogen and oxygen atoms in total. The van der Waals surface area contributed by atoms with E-state index in [1.807, 2.05) is 65.1 Å². The van der Waals surface area contributed by atoms with Crippen molar-refractivity contribution in [1.29, 1.82) is 0 Å². The third kappa shape index (κ3) is 2.42. The minimum absolute atomic E-state index is 0.00856. The Morgan fingerprint density at radius 3 is 2.10 bits per heavy atom. The summed E-state index contributed by atoms with van der Waals surface area (Å²) in [5, 5.41) is 3.34. The Bertz CT molecular complexity index is 949. The van der Waals surface area contributed by atoms with Gasteiger partial charge in [0.05, 0.1) is 0 Å². The molecule has 3 aromatic carbocycles. The largest absolute Gasteiger partial charge is 0.296 e. The molecule has 0 aliphatic rings. The zero-order valence-electron chi connectivity index (χ0n) is 9.97. The summed E-state index contributed by atoms with van der Waals surface area (Å²) >= 11 is 4.03. The van der Waals surface area contributed by atoms with Crippen molar-refractivity contribution in [2.24, 2.45) is 0 Å². The number of benzene rings is 3. The summed E-state index contributed by atoms with van der Waals surface area (Å²) in [6.07, 6.45) is 0. The fraction of sp³-hybridized carbons (Fsp3) is 0. The first kappa shape index (κ1) is 14.5. The van der Waals surface area contributed by atoms with Gasteiger partial charge in [0.1, 0.15) is 4.90 Å². The van der Waals surface area contributed by atoms with Crippen LogP contribution >= 0.6 is 45.2 Å². The monoisotopic (exact) mass is 510 g/mol. The quantitative estimate of drug-likeness (QED) is 0.299. The Morgan fingerprint density at radius 1 is 0.900 bits per heavy atom. The molecule has 0 aliphatic carbocycles. The molecule has 0 atom stereocenters. The predicted octanol–water partition coefficient (Wildman–Crippen LogP) is 4.45. The molecule has 0 spiro atoms. The summed E-state index contributed by atoms with van der Waals surface area (Å²) in [5.74, 6) is 0. The van der Waals surface area contributed by atoms with Crippen molar-refractivity contribution < 1.29 is 13.0 Å². The van der Waals surface area contributed by atoms with E-state index >= 15 is 0 Å². The van der Waals surface area contributed by atoms with Crippen molar-refractivity contribution in [3.05, 3.63) is 49.6 Å². The Morgan fingerprint density at radius 2 is 1.50 bits per heavy atom. The van der Waals surface area contributed by atoms with Gasteiger partial charge in [-0.2, -0.15) is 8.42 Å². The van der Waals surface area contributed by atoms with Gasteiger partial charge in [0, 0.05) is 12.5 Å². The fourth-order valence-corrected chi connectivity index (χ4v) is 5.11. The molecule has 1 N–H and O–H groups in total. The number of hydrogen-bond donors (Lipinski definition) is 1. The molecule has 0 radical (unpaired) electrons. The van der Waals surface area contributed by atoms with Crippen LogP contribution in [0.1, 0.15) is 0 Å². The summed E-state index contributed by atoms with van der Waals surface area (Å²) in [4.78, 5) is -0.00856. The Hall–Kier alpha value is -0.450. The van der Waals surface area contributed by atoms with E-state index in [0.29, 0.717) is 8.96 Å². The van der Waals surface area contributed by atoms with Crippen molar-refractivity contribution in [3.8, 4) is 0 Å². The predicted molar refractivity (Wildman–Crippen MR) is 96.7 cm³/mol. The van der Waals surface area contributed by atoms with Crippen LogP contribution in [0.5, 0.6) is 0 Å². The summed E-state index contributed by atoms with van der Waals surface area (Å²) in [7, 11) is -4.26. The Labute approximate surface area is 143 Å². The van der Waals surface area contributed by atoms with Gasteiger partial charge in [0.2, 0.25) is 0 Å². The molecule has 0 amide bonds. The molecule has 6 heteroatoms. The third-order valence-electron chi connectivity index (χ3n) is 3.11. The van der Waals surface area contributed by atoms with Crippen LogP contribution in [0, 0.1) is 7.14 Å².